The number of unbranched alkanes of at least 4 members (excludes halogenated alkanes) is 9. The summed E-state index contributed by atoms with van der Waals surface area (Å²) in [5.41, 5.74) is 1.09. The van der Waals surface area contributed by atoms with Crippen molar-refractivity contribution in [1.82, 2.24) is 9.97 Å². The molecule has 1 fully saturated rings. The Hall–Kier alpha value is -1.12. The molecule has 0 radical (unpaired) electrons. The van der Waals surface area contributed by atoms with Crippen LogP contribution in [0.3, 0.4) is 0 Å². The minimum atomic E-state index is 0.632. The molecular weight excluding hydrogens is 282 g/mol. The van der Waals surface area contributed by atoms with Crippen molar-refractivity contribution in [2.75, 3.05) is 11.9 Å². The number of hydrogen-bond acceptors (Lipinski definition) is 3. The Morgan fingerprint density at radius 3 is 2.13 bits per heavy atom. The monoisotopic (exact) mass is 317 g/mol. The molecule has 0 aromatic carbocycles. The van der Waals surface area contributed by atoms with Crippen LogP contribution < -0.4 is 5.32 Å². The number of aryl methyl sites for hydroxylation is 1. The predicted octanol–water partition coefficient (Wildman–Crippen LogP) is 6.00. The molecule has 0 atom stereocenters. The maximum Gasteiger partial charge on any atom is 0.134 e. The first-order valence-corrected chi connectivity index (χ1v) is 9.89. The fraction of sp³-hybridized carbons (Fsp3) is 0.800. The van der Waals surface area contributed by atoms with Crippen molar-refractivity contribution in [2.24, 2.45) is 0 Å². The molecule has 2 rings (SSSR count). The molecule has 0 aliphatic heterocycles. The topological polar surface area (TPSA) is 37.8 Å². The molecule has 130 valence electrons. The summed E-state index contributed by atoms with van der Waals surface area (Å²) in [6.45, 7) is 5.39. The lowest BCUT2D eigenvalue weighted by atomic mass is 10.1. The van der Waals surface area contributed by atoms with Gasteiger partial charge in [0.25, 0.3) is 0 Å². The van der Waals surface area contributed by atoms with Gasteiger partial charge in [-0.2, -0.15) is 0 Å². The van der Waals surface area contributed by atoms with E-state index in [2.05, 4.69) is 35.2 Å². The minimum absolute atomic E-state index is 0.632. The van der Waals surface area contributed by atoms with Gasteiger partial charge in [-0.15, -0.1) is 0 Å². The van der Waals surface area contributed by atoms with Crippen LogP contribution in [0.15, 0.2) is 6.07 Å². The highest BCUT2D eigenvalue weighted by molar-refractivity contribution is 5.36. The number of nitrogens with zero attached hydrogens (tertiary/aromatic N) is 2. The average molecular weight is 318 g/mol. The molecule has 23 heavy (non-hydrogen) atoms. The zero-order chi connectivity index (χ0) is 16.3. The van der Waals surface area contributed by atoms with Crippen molar-refractivity contribution in [3.05, 3.63) is 17.6 Å². The van der Waals surface area contributed by atoms with Gasteiger partial charge in [0.2, 0.25) is 0 Å². The van der Waals surface area contributed by atoms with Crippen molar-refractivity contribution >= 4 is 5.82 Å². The van der Waals surface area contributed by atoms with Gasteiger partial charge in [-0.05, 0) is 26.2 Å². The standard InChI is InChI=1S/C20H35N3/c1-3-4-5-6-7-8-9-10-11-12-15-21-19-16-17(2)22-20(23-19)18-13-14-18/h16,18H,3-15H2,1-2H3,(H,21,22,23). The van der Waals surface area contributed by atoms with Crippen molar-refractivity contribution in [1.29, 1.82) is 0 Å². The second kappa shape index (κ2) is 10.6. The first-order valence-electron chi connectivity index (χ1n) is 9.89. The lowest BCUT2D eigenvalue weighted by Crippen LogP contribution is -2.06. The van der Waals surface area contributed by atoms with E-state index in [4.69, 9.17) is 0 Å². The Labute approximate surface area is 142 Å². The summed E-state index contributed by atoms with van der Waals surface area (Å²) in [5.74, 6) is 2.71. The summed E-state index contributed by atoms with van der Waals surface area (Å²) in [7, 11) is 0. The van der Waals surface area contributed by atoms with Crippen LogP contribution in [-0.2, 0) is 0 Å². The molecule has 0 unspecified atom stereocenters. The highest BCUT2D eigenvalue weighted by Gasteiger charge is 2.26. The van der Waals surface area contributed by atoms with Gasteiger partial charge in [0.05, 0.1) is 0 Å². The molecular formula is C20H35N3. The zero-order valence-corrected chi connectivity index (χ0v) is 15.2. The van der Waals surface area contributed by atoms with E-state index >= 15 is 0 Å². The van der Waals surface area contributed by atoms with E-state index in [1.54, 1.807) is 0 Å². The van der Waals surface area contributed by atoms with Gasteiger partial charge in [0.1, 0.15) is 11.6 Å². The fourth-order valence-electron chi connectivity index (χ4n) is 3.04. The summed E-state index contributed by atoms with van der Waals surface area (Å²) in [4.78, 5) is 9.21. The molecule has 1 N–H and O–H groups in total. The Morgan fingerprint density at radius 1 is 0.913 bits per heavy atom. The molecule has 1 saturated carbocycles. The van der Waals surface area contributed by atoms with E-state index in [1.807, 2.05) is 0 Å². The van der Waals surface area contributed by atoms with Crippen LogP contribution in [0.1, 0.15) is 101 Å². The molecule has 1 aliphatic rings. The van der Waals surface area contributed by atoms with E-state index in [-0.39, 0.29) is 0 Å². The summed E-state index contributed by atoms with van der Waals surface area (Å²) in [6.07, 6.45) is 16.4. The van der Waals surface area contributed by atoms with Crippen LogP contribution in [0, 0.1) is 6.92 Å². The van der Waals surface area contributed by atoms with E-state index in [0.29, 0.717) is 5.92 Å². The van der Waals surface area contributed by atoms with Crippen molar-refractivity contribution in [3.63, 3.8) is 0 Å². The minimum Gasteiger partial charge on any atom is -0.370 e. The lowest BCUT2D eigenvalue weighted by molar-refractivity contribution is 0.559. The molecule has 1 aromatic heterocycles. The number of anilines is 1. The molecule has 3 nitrogen and oxygen atoms in total. The zero-order valence-electron chi connectivity index (χ0n) is 15.2. The number of rotatable bonds is 13. The molecule has 0 amide bonds. The van der Waals surface area contributed by atoms with Gasteiger partial charge in [-0.3, -0.25) is 0 Å². The molecule has 3 heteroatoms. The second-order valence-corrected chi connectivity index (χ2v) is 7.14. The van der Waals surface area contributed by atoms with Gasteiger partial charge in [-0.25, -0.2) is 9.97 Å². The predicted molar refractivity (Wildman–Crippen MR) is 99.1 cm³/mol. The fourth-order valence-corrected chi connectivity index (χ4v) is 3.04. The molecule has 1 aromatic rings. The van der Waals surface area contributed by atoms with Crippen molar-refractivity contribution in [2.45, 2.75) is 96.8 Å². The summed E-state index contributed by atoms with van der Waals surface area (Å²) < 4.78 is 0. The highest BCUT2D eigenvalue weighted by atomic mass is 15.0. The largest absolute Gasteiger partial charge is 0.370 e. The molecule has 0 spiro atoms. The summed E-state index contributed by atoms with van der Waals surface area (Å²) in [6, 6.07) is 2.07. The third-order valence-electron chi connectivity index (χ3n) is 4.65. The normalized spacial score (nSPS) is 14.2. The third-order valence-corrected chi connectivity index (χ3v) is 4.65. The van der Waals surface area contributed by atoms with Crippen molar-refractivity contribution in [3.8, 4) is 0 Å². The molecule has 1 heterocycles. The Morgan fingerprint density at radius 2 is 1.52 bits per heavy atom. The maximum absolute atomic E-state index is 4.66. The van der Waals surface area contributed by atoms with Crippen LogP contribution in [0.5, 0.6) is 0 Å². The van der Waals surface area contributed by atoms with Crippen LogP contribution in [-0.4, -0.2) is 16.5 Å². The second-order valence-electron chi connectivity index (χ2n) is 7.14. The Bertz CT molecular complexity index is 441. The summed E-state index contributed by atoms with van der Waals surface area (Å²) in [5, 5.41) is 3.48. The van der Waals surface area contributed by atoms with Gasteiger partial charge in [0, 0.05) is 24.2 Å². The van der Waals surface area contributed by atoms with Gasteiger partial charge < -0.3 is 5.32 Å². The maximum atomic E-state index is 4.66. The first-order chi connectivity index (χ1) is 11.3. The van der Waals surface area contributed by atoms with Crippen molar-refractivity contribution < 1.29 is 0 Å². The van der Waals surface area contributed by atoms with Crippen LogP contribution >= 0.6 is 0 Å². The molecule has 1 aliphatic carbocycles. The average Bonchev–Trinajstić information content (AvgIpc) is 3.37. The van der Waals surface area contributed by atoms with Crippen LogP contribution in [0.2, 0.25) is 0 Å². The number of hydrogen-bond donors (Lipinski definition) is 1. The van der Waals surface area contributed by atoms with Gasteiger partial charge >= 0.3 is 0 Å². The lowest BCUT2D eigenvalue weighted by Gasteiger charge is -2.08. The summed E-state index contributed by atoms with van der Waals surface area (Å²) >= 11 is 0. The van der Waals surface area contributed by atoms with Gasteiger partial charge in [-0.1, -0.05) is 64.7 Å². The first kappa shape index (κ1) is 18.2. The molecule has 0 bridgehead atoms. The van der Waals surface area contributed by atoms with Crippen LogP contribution in [0.25, 0.3) is 0 Å². The van der Waals surface area contributed by atoms with E-state index in [1.165, 1.54) is 77.0 Å². The van der Waals surface area contributed by atoms with E-state index in [0.717, 1.165) is 23.9 Å². The number of aromatic nitrogens is 2. The highest BCUT2D eigenvalue weighted by Crippen LogP contribution is 2.38. The Balaban J connectivity index is 1.48. The number of nitrogens with one attached hydrogen (secondary N) is 1. The van der Waals surface area contributed by atoms with E-state index < -0.39 is 0 Å². The third kappa shape index (κ3) is 7.81. The molecule has 0 saturated heterocycles. The Kier molecular flexibility index (Phi) is 8.41. The quantitative estimate of drug-likeness (QED) is 0.454. The van der Waals surface area contributed by atoms with Gasteiger partial charge in [0.15, 0.2) is 0 Å². The SMILES string of the molecule is CCCCCCCCCCCCNc1cc(C)nc(C2CC2)n1. The smallest absolute Gasteiger partial charge is 0.134 e. The van der Waals surface area contributed by atoms with E-state index in [9.17, 15) is 0 Å². The van der Waals surface area contributed by atoms with Crippen LogP contribution in [0.4, 0.5) is 5.82 Å².